The summed E-state index contributed by atoms with van der Waals surface area (Å²) in [4.78, 5) is 10.4. The molecule has 0 aromatic heterocycles. The number of hydrogen-bond acceptors (Lipinski definition) is 3. The van der Waals surface area contributed by atoms with Gasteiger partial charge in [-0.05, 0) is 27.7 Å². The van der Waals surface area contributed by atoms with Gasteiger partial charge in [0.2, 0.25) is 0 Å². The molecular formula is C10H20O4Ti. The van der Waals surface area contributed by atoms with Crippen molar-refractivity contribution in [1.29, 1.82) is 0 Å². The summed E-state index contributed by atoms with van der Waals surface area (Å²) >= 11 is 0. The van der Waals surface area contributed by atoms with Crippen molar-refractivity contribution in [2.24, 2.45) is 0 Å². The van der Waals surface area contributed by atoms with Crippen LogP contribution in [0, 0.1) is 0 Å². The van der Waals surface area contributed by atoms with Gasteiger partial charge in [0.1, 0.15) is 0 Å². The fraction of sp³-hybridized carbons (Fsp3) is 0.900. The van der Waals surface area contributed by atoms with Crippen molar-refractivity contribution >= 4 is 5.97 Å². The predicted molar refractivity (Wildman–Crippen MR) is 53.1 cm³/mol. The average Bonchev–Trinajstić information content (AvgIpc) is 1.97. The Labute approximate surface area is 106 Å². The first-order valence-electron chi connectivity index (χ1n) is 4.94. The summed E-state index contributed by atoms with van der Waals surface area (Å²) in [5.74, 6) is -0.824. The van der Waals surface area contributed by atoms with Gasteiger partial charge in [0.05, 0.1) is 18.6 Å². The summed E-state index contributed by atoms with van der Waals surface area (Å²) in [6.45, 7) is 7.60. The predicted octanol–water partition coefficient (Wildman–Crippen LogP) is 2.02. The number of carbonyl (C=O) groups is 1. The molecule has 0 saturated heterocycles. The molecule has 0 aliphatic heterocycles. The van der Waals surface area contributed by atoms with E-state index in [1.807, 2.05) is 27.7 Å². The monoisotopic (exact) mass is 252 g/mol. The second kappa shape index (κ2) is 9.34. The molecule has 0 saturated carbocycles. The summed E-state index contributed by atoms with van der Waals surface area (Å²) in [6, 6.07) is 0. The van der Waals surface area contributed by atoms with Gasteiger partial charge in [-0.2, -0.15) is 0 Å². The van der Waals surface area contributed by atoms with E-state index in [-0.39, 0.29) is 40.3 Å². The van der Waals surface area contributed by atoms with E-state index in [4.69, 9.17) is 14.6 Å². The molecular weight excluding hydrogens is 232 g/mol. The van der Waals surface area contributed by atoms with E-state index in [0.29, 0.717) is 6.42 Å². The fourth-order valence-electron chi connectivity index (χ4n) is 1.02. The van der Waals surface area contributed by atoms with Crippen LogP contribution in [0.3, 0.4) is 0 Å². The van der Waals surface area contributed by atoms with Crippen LogP contribution in [0.25, 0.3) is 0 Å². The van der Waals surface area contributed by atoms with Crippen LogP contribution < -0.4 is 0 Å². The molecule has 0 aromatic rings. The minimum atomic E-state index is -0.824. The van der Waals surface area contributed by atoms with Crippen LogP contribution in [0.4, 0.5) is 0 Å². The number of aliphatic carboxylic acids is 1. The Balaban J connectivity index is 0. The van der Waals surface area contributed by atoms with Gasteiger partial charge in [-0.15, -0.1) is 0 Å². The second-order valence-electron chi connectivity index (χ2n) is 3.73. The zero-order valence-corrected chi connectivity index (χ0v) is 11.4. The normalized spacial score (nSPS) is 10.9. The molecule has 1 N–H and O–H groups in total. The zero-order chi connectivity index (χ0) is 11.1. The topological polar surface area (TPSA) is 55.8 Å². The van der Waals surface area contributed by atoms with Crippen molar-refractivity contribution in [3.05, 3.63) is 0 Å². The van der Waals surface area contributed by atoms with E-state index in [0.717, 1.165) is 0 Å². The van der Waals surface area contributed by atoms with Crippen molar-refractivity contribution in [2.75, 3.05) is 0 Å². The fourth-order valence-corrected chi connectivity index (χ4v) is 1.02. The first-order valence-corrected chi connectivity index (χ1v) is 4.94. The molecule has 4 nitrogen and oxygen atoms in total. The van der Waals surface area contributed by atoms with E-state index >= 15 is 0 Å². The molecule has 0 heterocycles. The SMILES string of the molecule is CC(C)OC(CCC(=O)O)OC(C)C.[Ti]. The van der Waals surface area contributed by atoms with Crippen LogP contribution in [-0.2, 0) is 36.0 Å². The molecule has 0 radical (unpaired) electrons. The molecule has 0 aliphatic carbocycles. The largest absolute Gasteiger partial charge is 0.481 e. The Morgan fingerprint density at radius 3 is 1.80 bits per heavy atom. The molecule has 0 atom stereocenters. The van der Waals surface area contributed by atoms with Crippen LogP contribution in [0.15, 0.2) is 0 Å². The van der Waals surface area contributed by atoms with E-state index in [2.05, 4.69) is 0 Å². The Kier molecular flexibility index (Phi) is 10.9. The van der Waals surface area contributed by atoms with Gasteiger partial charge in [-0.1, -0.05) is 0 Å². The van der Waals surface area contributed by atoms with Crippen LogP contribution in [0.5, 0.6) is 0 Å². The Hall–Kier alpha value is 0.104. The maximum Gasteiger partial charge on any atom is 0.303 e. The van der Waals surface area contributed by atoms with Gasteiger partial charge >= 0.3 is 5.97 Å². The molecule has 88 valence electrons. The molecule has 0 bridgehead atoms. The Morgan fingerprint density at radius 1 is 1.13 bits per heavy atom. The van der Waals surface area contributed by atoms with Gasteiger partial charge in [0.25, 0.3) is 0 Å². The van der Waals surface area contributed by atoms with Gasteiger partial charge in [-0.3, -0.25) is 4.79 Å². The van der Waals surface area contributed by atoms with Crippen LogP contribution in [-0.4, -0.2) is 29.6 Å². The number of ether oxygens (including phenoxy) is 2. The van der Waals surface area contributed by atoms with E-state index < -0.39 is 12.3 Å². The third-order valence-corrected chi connectivity index (χ3v) is 1.44. The van der Waals surface area contributed by atoms with Crippen molar-refractivity contribution < 1.29 is 41.1 Å². The Morgan fingerprint density at radius 2 is 1.53 bits per heavy atom. The summed E-state index contributed by atoms with van der Waals surface area (Å²) in [5, 5.41) is 8.52. The minimum Gasteiger partial charge on any atom is -0.481 e. The molecule has 0 unspecified atom stereocenters. The smallest absolute Gasteiger partial charge is 0.303 e. The third-order valence-electron chi connectivity index (χ3n) is 1.44. The summed E-state index contributed by atoms with van der Waals surface area (Å²) in [6.07, 6.45) is 0.154. The number of carboxylic acid groups (broad SMARTS) is 1. The number of rotatable bonds is 7. The van der Waals surface area contributed by atoms with Crippen LogP contribution in [0.1, 0.15) is 40.5 Å². The molecule has 0 spiro atoms. The maximum atomic E-state index is 10.4. The molecule has 5 heteroatoms. The van der Waals surface area contributed by atoms with Gasteiger partial charge in [-0.25, -0.2) is 0 Å². The molecule has 0 amide bonds. The maximum absolute atomic E-state index is 10.4. The van der Waals surface area contributed by atoms with E-state index in [1.54, 1.807) is 0 Å². The van der Waals surface area contributed by atoms with Gasteiger partial charge in [0.15, 0.2) is 6.29 Å². The van der Waals surface area contributed by atoms with Crippen LogP contribution >= 0.6 is 0 Å². The molecule has 0 rings (SSSR count). The first kappa shape index (κ1) is 17.5. The van der Waals surface area contributed by atoms with Gasteiger partial charge in [0, 0.05) is 28.1 Å². The van der Waals surface area contributed by atoms with Crippen molar-refractivity contribution in [1.82, 2.24) is 0 Å². The van der Waals surface area contributed by atoms with E-state index in [1.165, 1.54) is 0 Å². The third kappa shape index (κ3) is 12.0. The first-order chi connectivity index (χ1) is 6.41. The van der Waals surface area contributed by atoms with Gasteiger partial charge < -0.3 is 14.6 Å². The summed E-state index contributed by atoms with van der Waals surface area (Å²) < 4.78 is 10.9. The van der Waals surface area contributed by atoms with Crippen molar-refractivity contribution in [3.8, 4) is 0 Å². The minimum absolute atomic E-state index is 0. The van der Waals surface area contributed by atoms with Crippen molar-refractivity contribution in [2.45, 2.75) is 59.0 Å². The average molecular weight is 252 g/mol. The number of carboxylic acids is 1. The van der Waals surface area contributed by atoms with Crippen molar-refractivity contribution in [3.63, 3.8) is 0 Å². The molecule has 0 aromatic carbocycles. The second-order valence-corrected chi connectivity index (χ2v) is 3.73. The zero-order valence-electron chi connectivity index (χ0n) is 9.82. The summed E-state index contributed by atoms with van der Waals surface area (Å²) in [7, 11) is 0. The molecule has 0 aliphatic rings. The quantitative estimate of drug-likeness (QED) is 0.556. The summed E-state index contributed by atoms with van der Waals surface area (Å²) in [5.41, 5.74) is 0. The standard InChI is InChI=1S/C10H20O4.Ti/c1-7(2)13-10(14-8(3)4)6-5-9(11)12;/h7-8,10H,5-6H2,1-4H3,(H,11,12);. The molecule has 15 heavy (non-hydrogen) atoms. The Bertz CT molecular complexity index is 161. The molecule has 0 fully saturated rings. The number of hydrogen-bond donors (Lipinski definition) is 1. The van der Waals surface area contributed by atoms with E-state index in [9.17, 15) is 4.79 Å². The van der Waals surface area contributed by atoms with Crippen LogP contribution in [0.2, 0.25) is 0 Å².